The number of aliphatic hydroxyl groups is 1. The first-order valence-corrected chi connectivity index (χ1v) is 4.72. The normalized spacial score (nSPS) is 14.8. The van der Waals surface area contributed by atoms with Crippen molar-refractivity contribution in [2.24, 2.45) is 0 Å². The van der Waals surface area contributed by atoms with Gasteiger partial charge in [-0.2, -0.15) is 0 Å². The SMILES string of the molecule is CC(O)CC(C)NC(=O)c1ccc[nH]1. The van der Waals surface area contributed by atoms with Crippen LogP contribution in [0.1, 0.15) is 30.8 Å². The van der Waals surface area contributed by atoms with Gasteiger partial charge in [0, 0.05) is 12.2 Å². The fourth-order valence-corrected chi connectivity index (χ4v) is 1.34. The Morgan fingerprint density at radius 3 is 2.86 bits per heavy atom. The molecule has 0 bridgehead atoms. The number of amides is 1. The average molecular weight is 196 g/mol. The Hall–Kier alpha value is -1.29. The predicted molar refractivity (Wildman–Crippen MR) is 54.0 cm³/mol. The first-order chi connectivity index (χ1) is 6.59. The number of rotatable bonds is 4. The van der Waals surface area contributed by atoms with E-state index in [4.69, 9.17) is 5.11 Å². The highest BCUT2D eigenvalue weighted by atomic mass is 16.3. The van der Waals surface area contributed by atoms with E-state index in [0.717, 1.165) is 0 Å². The van der Waals surface area contributed by atoms with E-state index in [2.05, 4.69) is 10.3 Å². The molecule has 0 aliphatic rings. The van der Waals surface area contributed by atoms with Gasteiger partial charge in [0.1, 0.15) is 5.69 Å². The lowest BCUT2D eigenvalue weighted by Crippen LogP contribution is -2.34. The summed E-state index contributed by atoms with van der Waals surface area (Å²) in [6.07, 6.45) is 1.87. The molecule has 2 atom stereocenters. The van der Waals surface area contributed by atoms with E-state index in [1.807, 2.05) is 6.92 Å². The predicted octanol–water partition coefficient (Wildman–Crippen LogP) is 0.904. The smallest absolute Gasteiger partial charge is 0.267 e. The molecule has 1 rings (SSSR count). The molecule has 0 radical (unpaired) electrons. The van der Waals surface area contributed by atoms with Crippen molar-refractivity contribution < 1.29 is 9.90 Å². The summed E-state index contributed by atoms with van der Waals surface area (Å²) in [4.78, 5) is 14.3. The molecule has 1 aromatic rings. The Kier molecular flexibility index (Phi) is 3.71. The molecule has 0 spiro atoms. The Balaban J connectivity index is 2.41. The lowest BCUT2D eigenvalue weighted by atomic mass is 10.1. The van der Waals surface area contributed by atoms with Gasteiger partial charge in [-0.05, 0) is 32.4 Å². The summed E-state index contributed by atoms with van der Waals surface area (Å²) in [7, 11) is 0. The summed E-state index contributed by atoms with van der Waals surface area (Å²) >= 11 is 0. The maximum Gasteiger partial charge on any atom is 0.267 e. The standard InChI is InChI=1S/C10H16N2O2/c1-7(6-8(2)13)12-10(14)9-4-3-5-11-9/h3-5,7-8,11,13H,6H2,1-2H3,(H,12,14). The molecule has 1 aromatic heterocycles. The molecule has 1 amide bonds. The van der Waals surface area contributed by atoms with E-state index in [1.54, 1.807) is 25.3 Å². The van der Waals surface area contributed by atoms with Crippen LogP contribution in [-0.4, -0.2) is 28.1 Å². The third-order valence-corrected chi connectivity index (χ3v) is 1.91. The first-order valence-electron chi connectivity index (χ1n) is 4.72. The highest BCUT2D eigenvalue weighted by Gasteiger charge is 2.11. The molecule has 1 heterocycles. The fourth-order valence-electron chi connectivity index (χ4n) is 1.34. The van der Waals surface area contributed by atoms with Crippen molar-refractivity contribution in [2.75, 3.05) is 0 Å². The first kappa shape index (κ1) is 10.8. The number of carbonyl (C=O) groups excluding carboxylic acids is 1. The molecule has 14 heavy (non-hydrogen) atoms. The van der Waals surface area contributed by atoms with E-state index in [0.29, 0.717) is 12.1 Å². The van der Waals surface area contributed by atoms with Crippen molar-refractivity contribution in [1.82, 2.24) is 10.3 Å². The van der Waals surface area contributed by atoms with Crippen LogP contribution in [0.5, 0.6) is 0 Å². The Labute approximate surface area is 83.3 Å². The fraction of sp³-hybridized carbons (Fsp3) is 0.500. The van der Waals surface area contributed by atoms with Gasteiger partial charge < -0.3 is 15.4 Å². The summed E-state index contributed by atoms with van der Waals surface area (Å²) in [6, 6.07) is 3.46. The monoisotopic (exact) mass is 196 g/mol. The number of hydrogen-bond acceptors (Lipinski definition) is 2. The Morgan fingerprint density at radius 2 is 2.36 bits per heavy atom. The molecular weight excluding hydrogens is 180 g/mol. The molecule has 3 N–H and O–H groups in total. The number of H-pyrrole nitrogens is 1. The average Bonchev–Trinajstić information content (AvgIpc) is 2.53. The second-order valence-corrected chi connectivity index (χ2v) is 3.54. The molecule has 0 fully saturated rings. The number of carbonyl (C=O) groups is 1. The lowest BCUT2D eigenvalue weighted by Gasteiger charge is -2.14. The largest absolute Gasteiger partial charge is 0.393 e. The van der Waals surface area contributed by atoms with Crippen molar-refractivity contribution in [1.29, 1.82) is 0 Å². The van der Waals surface area contributed by atoms with Gasteiger partial charge >= 0.3 is 0 Å². The molecule has 0 aliphatic heterocycles. The minimum absolute atomic E-state index is 0.0224. The van der Waals surface area contributed by atoms with Gasteiger partial charge in [-0.25, -0.2) is 0 Å². The van der Waals surface area contributed by atoms with Crippen LogP contribution in [0.3, 0.4) is 0 Å². The van der Waals surface area contributed by atoms with Gasteiger partial charge in [0.25, 0.3) is 5.91 Å². The third kappa shape index (κ3) is 3.22. The Morgan fingerprint density at radius 1 is 1.64 bits per heavy atom. The number of hydrogen-bond donors (Lipinski definition) is 3. The van der Waals surface area contributed by atoms with Gasteiger partial charge in [0.15, 0.2) is 0 Å². The van der Waals surface area contributed by atoms with E-state index < -0.39 is 6.10 Å². The number of aromatic amines is 1. The topological polar surface area (TPSA) is 65.1 Å². The van der Waals surface area contributed by atoms with Crippen LogP contribution in [-0.2, 0) is 0 Å². The minimum Gasteiger partial charge on any atom is -0.393 e. The molecule has 0 saturated carbocycles. The number of aromatic nitrogens is 1. The van der Waals surface area contributed by atoms with Gasteiger partial charge in [0.2, 0.25) is 0 Å². The molecule has 2 unspecified atom stereocenters. The second kappa shape index (κ2) is 4.81. The van der Waals surface area contributed by atoms with Crippen molar-refractivity contribution >= 4 is 5.91 Å². The molecule has 0 aliphatic carbocycles. The van der Waals surface area contributed by atoms with Crippen LogP contribution in [0.4, 0.5) is 0 Å². The zero-order chi connectivity index (χ0) is 10.6. The van der Waals surface area contributed by atoms with Crippen LogP contribution in [0.25, 0.3) is 0 Å². The van der Waals surface area contributed by atoms with E-state index >= 15 is 0 Å². The molecule has 4 heteroatoms. The summed E-state index contributed by atoms with van der Waals surface area (Å²) in [5.41, 5.74) is 0.544. The van der Waals surface area contributed by atoms with E-state index in [1.165, 1.54) is 0 Å². The van der Waals surface area contributed by atoms with Crippen LogP contribution in [0, 0.1) is 0 Å². The van der Waals surface area contributed by atoms with E-state index in [-0.39, 0.29) is 11.9 Å². The van der Waals surface area contributed by atoms with Crippen LogP contribution in [0.15, 0.2) is 18.3 Å². The van der Waals surface area contributed by atoms with Crippen LogP contribution in [0.2, 0.25) is 0 Å². The van der Waals surface area contributed by atoms with Crippen molar-refractivity contribution in [2.45, 2.75) is 32.4 Å². The lowest BCUT2D eigenvalue weighted by molar-refractivity contribution is 0.0918. The molecular formula is C10H16N2O2. The molecule has 0 saturated heterocycles. The number of nitrogens with one attached hydrogen (secondary N) is 2. The summed E-state index contributed by atoms with van der Waals surface area (Å²) in [6.45, 7) is 3.57. The van der Waals surface area contributed by atoms with Gasteiger partial charge in [-0.3, -0.25) is 4.79 Å². The second-order valence-electron chi connectivity index (χ2n) is 3.54. The summed E-state index contributed by atoms with van der Waals surface area (Å²) in [5, 5.41) is 11.9. The zero-order valence-electron chi connectivity index (χ0n) is 8.45. The Bertz CT molecular complexity index is 280. The van der Waals surface area contributed by atoms with Crippen molar-refractivity contribution in [3.05, 3.63) is 24.0 Å². The minimum atomic E-state index is -0.394. The summed E-state index contributed by atoms with van der Waals surface area (Å²) in [5.74, 6) is -0.136. The number of aliphatic hydroxyl groups excluding tert-OH is 1. The quantitative estimate of drug-likeness (QED) is 0.670. The molecule has 78 valence electrons. The molecule has 0 aromatic carbocycles. The van der Waals surface area contributed by atoms with E-state index in [9.17, 15) is 4.79 Å². The maximum absolute atomic E-state index is 11.5. The third-order valence-electron chi connectivity index (χ3n) is 1.91. The molecule has 4 nitrogen and oxygen atoms in total. The maximum atomic E-state index is 11.5. The zero-order valence-corrected chi connectivity index (χ0v) is 8.45. The van der Waals surface area contributed by atoms with Crippen LogP contribution < -0.4 is 5.32 Å². The summed E-state index contributed by atoms with van der Waals surface area (Å²) < 4.78 is 0. The van der Waals surface area contributed by atoms with Gasteiger partial charge in [-0.1, -0.05) is 0 Å². The van der Waals surface area contributed by atoms with Gasteiger partial charge in [-0.15, -0.1) is 0 Å². The van der Waals surface area contributed by atoms with Crippen molar-refractivity contribution in [3.63, 3.8) is 0 Å². The highest BCUT2D eigenvalue weighted by molar-refractivity contribution is 5.92. The van der Waals surface area contributed by atoms with Crippen LogP contribution >= 0.6 is 0 Å². The highest BCUT2D eigenvalue weighted by Crippen LogP contribution is 1.99. The van der Waals surface area contributed by atoms with Crippen molar-refractivity contribution in [3.8, 4) is 0 Å². The van der Waals surface area contributed by atoms with Gasteiger partial charge in [0.05, 0.1) is 6.10 Å².